The lowest BCUT2D eigenvalue weighted by molar-refractivity contribution is 0.0303. The first-order chi connectivity index (χ1) is 12.7. The molecule has 136 valence electrons. The van der Waals surface area contributed by atoms with Crippen molar-refractivity contribution in [1.82, 2.24) is 4.90 Å². The van der Waals surface area contributed by atoms with Gasteiger partial charge in [-0.15, -0.1) is 0 Å². The number of carbonyl (C=O) groups excluding carboxylic acids is 1. The van der Waals surface area contributed by atoms with E-state index in [1.807, 2.05) is 41.3 Å². The van der Waals surface area contributed by atoms with E-state index in [9.17, 15) is 4.79 Å². The summed E-state index contributed by atoms with van der Waals surface area (Å²) in [6.45, 7) is 2.46. The maximum Gasteiger partial charge on any atom is 0.254 e. The summed E-state index contributed by atoms with van der Waals surface area (Å²) in [7, 11) is 1.63. The van der Waals surface area contributed by atoms with E-state index in [1.54, 1.807) is 19.2 Å². The van der Waals surface area contributed by atoms with Crippen molar-refractivity contribution in [1.29, 1.82) is 0 Å². The lowest BCUT2D eigenvalue weighted by Gasteiger charge is -2.26. The van der Waals surface area contributed by atoms with Crippen LogP contribution in [0.1, 0.15) is 10.4 Å². The van der Waals surface area contributed by atoms with Crippen molar-refractivity contribution >= 4 is 34.6 Å². The molecule has 7 heteroatoms. The van der Waals surface area contributed by atoms with Gasteiger partial charge in [-0.1, -0.05) is 0 Å². The molecule has 1 heterocycles. The number of rotatable bonds is 4. The van der Waals surface area contributed by atoms with Gasteiger partial charge in [-0.05, 0) is 60.7 Å². The predicted molar refractivity (Wildman–Crippen MR) is 106 cm³/mol. The molecular formula is C19H21N3O3S. The monoisotopic (exact) mass is 371 g/mol. The number of nitrogens with one attached hydrogen (secondary N) is 2. The van der Waals surface area contributed by atoms with E-state index < -0.39 is 0 Å². The number of methoxy groups -OCH3 is 1. The van der Waals surface area contributed by atoms with E-state index in [2.05, 4.69) is 10.6 Å². The van der Waals surface area contributed by atoms with E-state index in [4.69, 9.17) is 21.7 Å². The molecule has 0 aliphatic carbocycles. The molecule has 0 bridgehead atoms. The average Bonchev–Trinajstić information content (AvgIpc) is 2.69. The maximum absolute atomic E-state index is 12.4. The molecular weight excluding hydrogens is 350 g/mol. The highest BCUT2D eigenvalue weighted by atomic mass is 32.1. The Bertz CT molecular complexity index is 757. The summed E-state index contributed by atoms with van der Waals surface area (Å²) in [6.07, 6.45) is 0. The van der Waals surface area contributed by atoms with Crippen molar-refractivity contribution < 1.29 is 14.3 Å². The molecule has 2 aromatic rings. The molecule has 1 saturated heterocycles. The smallest absolute Gasteiger partial charge is 0.254 e. The Morgan fingerprint density at radius 2 is 1.54 bits per heavy atom. The lowest BCUT2D eigenvalue weighted by atomic mass is 10.1. The van der Waals surface area contributed by atoms with E-state index in [0.717, 1.165) is 17.1 Å². The fourth-order valence-electron chi connectivity index (χ4n) is 2.61. The van der Waals surface area contributed by atoms with Gasteiger partial charge < -0.3 is 25.0 Å². The molecule has 0 radical (unpaired) electrons. The number of nitrogens with zero attached hydrogens (tertiary/aromatic N) is 1. The van der Waals surface area contributed by atoms with Crippen molar-refractivity contribution in [2.24, 2.45) is 0 Å². The Hall–Kier alpha value is -2.64. The number of morpholine rings is 1. The zero-order valence-electron chi connectivity index (χ0n) is 14.5. The number of benzene rings is 2. The second kappa shape index (κ2) is 8.64. The van der Waals surface area contributed by atoms with Crippen LogP contribution in [0.3, 0.4) is 0 Å². The number of anilines is 2. The van der Waals surface area contributed by atoms with Crippen LogP contribution < -0.4 is 15.4 Å². The van der Waals surface area contributed by atoms with Gasteiger partial charge in [0, 0.05) is 30.0 Å². The molecule has 0 aromatic heterocycles. The van der Waals surface area contributed by atoms with E-state index in [0.29, 0.717) is 37.0 Å². The molecule has 2 aromatic carbocycles. The fourth-order valence-corrected chi connectivity index (χ4v) is 2.85. The maximum atomic E-state index is 12.4. The summed E-state index contributed by atoms with van der Waals surface area (Å²) in [4.78, 5) is 14.2. The molecule has 1 aliphatic rings. The lowest BCUT2D eigenvalue weighted by Crippen LogP contribution is -2.40. The van der Waals surface area contributed by atoms with Crippen molar-refractivity contribution in [2.75, 3.05) is 44.0 Å². The Morgan fingerprint density at radius 3 is 2.08 bits per heavy atom. The molecule has 0 atom stereocenters. The third-order valence-electron chi connectivity index (χ3n) is 4.04. The third-order valence-corrected chi connectivity index (χ3v) is 4.24. The van der Waals surface area contributed by atoms with Crippen molar-refractivity contribution in [3.8, 4) is 5.75 Å². The molecule has 3 rings (SSSR count). The number of thiocarbonyl (C=S) groups is 1. The first kappa shape index (κ1) is 18.2. The zero-order valence-corrected chi connectivity index (χ0v) is 15.3. The number of amides is 1. The summed E-state index contributed by atoms with van der Waals surface area (Å²) in [5.41, 5.74) is 2.34. The van der Waals surface area contributed by atoms with Crippen LogP contribution in [-0.4, -0.2) is 49.3 Å². The van der Waals surface area contributed by atoms with Gasteiger partial charge in [0.25, 0.3) is 5.91 Å². The summed E-state index contributed by atoms with van der Waals surface area (Å²) in [5.74, 6) is 0.814. The highest BCUT2D eigenvalue weighted by Crippen LogP contribution is 2.16. The summed E-state index contributed by atoms with van der Waals surface area (Å²) >= 11 is 5.32. The molecule has 0 spiro atoms. The molecule has 6 nitrogen and oxygen atoms in total. The Morgan fingerprint density at radius 1 is 1.00 bits per heavy atom. The van der Waals surface area contributed by atoms with Gasteiger partial charge >= 0.3 is 0 Å². The first-order valence-electron chi connectivity index (χ1n) is 8.35. The van der Waals surface area contributed by atoms with Crippen molar-refractivity contribution in [3.63, 3.8) is 0 Å². The highest BCUT2D eigenvalue weighted by molar-refractivity contribution is 7.80. The summed E-state index contributed by atoms with van der Waals surface area (Å²) < 4.78 is 10.4. The van der Waals surface area contributed by atoms with Crippen LogP contribution in [0.4, 0.5) is 11.4 Å². The molecule has 1 aliphatic heterocycles. The minimum atomic E-state index is 0.0267. The van der Waals surface area contributed by atoms with E-state index in [1.165, 1.54) is 0 Å². The van der Waals surface area contributed by atoms with E-state index in [-0.39, 0.29) is 5.91 Å². The Kier molecular flexibility index (Phi) is 6.04. The molecule has 0 unspecified atom stereocenters. The molecule has 1 fully saturated rings. The average molecular weight is 371 g/mol. The van der Waals surface area contributed by atoms with Crippen LogP contribution in [0, 0.1) is 0 Å². The second-order valence-corrected chi connectivity index (χ2v) is 6.20. The second-order valence-electron chi connectivity index (χ2n) is 5.79. The molecule has 1 amide bonds. The van der Waals surface area contributed by atoms with Gasteiger partial charge in [0.05, 0.1) is 20.3 Å². The number of hydrogen-bond donors (Lipinski definition) is 2. The number of hydrogen-bond acceptors (Lipinski definition) is 4. The van der Waals surface area contributed by atoms with Gasteiger partial charge in [0.15, 0.2) is 5.11 Å². The number of carbonyl (C=O) groups is 1. The van der Waals surface area contributed by atoms with Crippen LogP contribution in [0.25, 0.3) is 0 Å². The molecule has 2 N–H and O–H groups in total. The zero-order chi connectivity index (χ0) is 18.4. The normalized spacial score (nSPS) is 13.8. The topological polar surface area (TPSA) is 62.8 Å². The minimum Gasteiger partial charge on any atom is -0.497 e. The minimum absolute atomic E-state index is 0.0267. The van der Waals surface area contributed by atoms with Gasteiger partial charge in [-0.25, -0.2) is 0 Å². The van der Waals surface area contributed by atoms with Crippen molar-refractivity contribution in [2.45, 2.75) is 0 Å². The highest BCUT2D eigenvalue weighted by Gasteiger charge is 2.18. The van der Waals surface area contributed by atoms with Gasteiger partial charge in [0.2, 0.25) is 0 Å². The summed E-state index contributed by atoms with van der Waals surface area (Å²) in [6, 6.07) is 14.8. The summed E-state index contributed by atoms with van der Waals surface area (Å²) in [5, 5.41) is 6.69. The van der Waals surface area contributed by atoms with Gasteiger partial charge in [-0.3, -0.25) is 4.79 Å². The van der Waals surface area contributed by atoms with Crippen molar-refractivity contribution in [3.05, 3.63) is 54.1 Å². The van der Waals surface area contributed by atoms with Gasteiger partial charge in [0.1, 0.15) is 5.75 Å². The van der Waals surface area contributed by atoms with Crippen LogP contribution >= 0.6 is 12.2 Å². The van der Waals surface area contributed by atoms with Crippen LogP contribution in [-0.2, 0) is 4.74 Å². The van der Waals surface area contributed by atoms with Crippen LogP contribution in [0.5, 0.6) is 5.75 Å². The standard InChI is InChI=1S/C19H21N3O3S/c1-24-17-8-6-16(7-9-17)21-19(26)20-15-4-2-14(3-5-15)18(23)22-10-12-25-13-11-22/h2-9H,10-13H2,1H3,(H2,20,21,26). The first-order valence-corrected chi connectivity index (χ1v) is 8.76. The Labute approximate surface area is 158 Å². The van der Waals surface area contributed by atoms with Crippen LogP contribution in [0.2, 0.25) is 0 Å². The van der Waals surface area contributed by atoms with Gasteiger partial charge in [-0.2, -0.15) is 0 Å². The molecule has 26 heavy (non-hydrogen) atoms. The largest absolute Gasteiger partial charge is 0.497 e. The fraction of sp³-hybridized carbons (Fsp3) is 0.263. The molecule has 0 saturated carbocycles. The predicted octanol–water partition coefficient (Wildman–Crippen LogP) is 2.98. The van der Waals surface area contributed by atoms with Crippen LogP contribution in [0.15, 0.2) is 48.5 Å². The quantitative estimate of drug-likeness (QED) is 0.806. The SMILES string of the molecule is COc1ccc(NC(=S)Nc2ccc(C(=O)N3CCOCC3)cc2)cc1. The Balaban J connectivity index is 1.56. The van der Waals surface area contributed by atoms with E-state index >= 15 is 0 Å². The number of ether oxygens (including phenoxy) is 2. The third kappa shape index (κ3) is 4.71.